The lowest BCUT2D eigenvalue weighted by molar-refractivity contribution is -0.135. The van der Waals surface area contributed by atoms with E-state index in [1.54, 1.807) is 19.9 Å². The number of nitrogen functional groups attached to an aromatic ring is 1. The van der Waals surface area contributed by atoms with Gasteiger partial charge in [0.2, 0.25) is 10.0 Å². The monoisotopic (exact) mass is 324 g/mol. The molecule has 0 aliphatic rings. The molecular formula is C13H19F3N2O2S. The van der Waals surface area contributed by atoms with Crippen LogP contribution in [0.25, 0.3) is 0 Å². The maximum Gasteiger partial charge on any atom is 0.389 e. The van der Waals surface area contributed by atoms with Gasteiger partial charge in [0.05, 0.1) is 4.90 Å². The number of rotatable bonds is 6. The summed E-state index contributed by atoms with van der Waals surface area (Å²) in [6.07, 6.45) is -5.11. The molecule has 0 saturated heterocycles. The molecule has 0 radical (unpaired) electrons. The lowest BCUT2D eigenvalue weighted by Gasteiger charge is -2.12. The van der Waals surface area contributed by atoms with E-state index < -0.39 is 22.6 Å². The van der Waals surface area contributed by atoms with Gasteiger partial charge in [-0.15, -0.1) is 0 Å². The van der Waals surface area contributed by atoms with Gasteiger partial charge >= 0.3 is 6.18 Å². The molecule has 0 aromatic heterocycles. The first-order chi connectivity index (χ1) is 9.53. The van der Waals surface area contributed by atoms with Crippen LogP contribution in [0.5, 0.6) is 0 Å². The third-order valence-corrected chi connectivity index (χ3v) is 4.60. The number of sulfonamides is 1. The molecule has 21 heavy (non-hydrogen) atoms. The number of hydrogen-bond acceptors (Lipinski definition) is 3. The largest absolute Gasteiger partial charge is 0.398 e. The molecule has 0 amide bonds. The van der Waals surface area contributed by atoms with Crippen molar-refractivity contribution in [1.29, 1.82) is 0 Å². The van der Waals surface area contributed by atoms with Crippen LogP contribution in [-0.2, 0) is 10.0 Å². The average molecular weight is 324 g/mol. The number of alkyl halides is 3. The molecule has 4 nitrogen and oxygen atoms in total. The van der Waals surface area contributed by atoms with Gasteiger partial charge in [0.25, 0.3) is 0 Å². The highest BCUT2D eigenvalue weighted by Gasteiger charge is 2.26. The Morgan fingerprint density at radius 1 is 1.19 bits per heavy atom. The molecular weight excluding hydrogens is 305 g/mol. The number of unbranched alkanes of at least 4 members (excludes halogenated alkanes) is 1. The summed E-state index contributed by atoms with van der Waals surface area (Å²) in [6.45, 7) is 3.27. The van der Waals surface area contributed by atoms with E-state index in [9.17, 15) is 21.6 Å². The van der Waals surface area contributed by atoms with Crippen molar-refractivity contribution in [2.75, 3.05) is 12.3 Å². The normalized spacial score (nSPS) is 12.6. The van der Waals surface area contributed by atoms with Crippen LogP contribution >= 0.6 is 0 Å². The number of nitrogens with one attached hydrogen (secondary N) is 1. The van der Waals surface area contributed by atoms with Crippen molar-refractivity contribution < 1.29 is 21.6 Å². The zero-order valence-corrected chi connectivity index (χ0v) is 12.7. The molecule has 0 heterocycles. The summed E-state index contributed by atoms with van der Waals surface area (Å²) in [4.78, 5) is 0.0656. The molecule has 120 valence electrons. The number of nitrogens with two attached hydrogens (primary N) is 1. The fourth-order valence-electron chi connectivity index (χ4n) is 1.87. The summed E-state index contributed by atoms with van der Waals surface area (Å²) in [5.41, 5.74) is 7.23. The lowest BCUT2D eigenvalue weighted by Crippen LogP contribution is -2.26. The zero-order chi connectivity index (χ0) is 16.3. The molecule has 0 atom stereocenters. The topological polar surface area (TPSA) is 72.2 Å². The Labute approximate surface area is 122 Å². The summed E-state index contributed by atoms with van der Waals surface area (Å²) in [6, 6.07) is 3.15. The minimum Gasteiger partial charge on any atom is -0.398 e. The number of halogens is 3. The fourth-order valence-corrected chi connectivity index (χ4v) is 3.30. The number of aryl methyl sites for hydroxylation is 1. The Balaban J connectivity index is 2.67. The van der Waals surface area contributed by atoms with Gasteiger partial charge in [-0.25, -0.2) is 13.1 Å². The smallest absolute Gasteiger partial charge is 0.389 e. The SMILES string of the molecule is Cc1cc(N)c(C)c(S(=O)(=O)NCCCCC(F)(F)F)c1. The third-order valence-electron chi connectivity index (χ3n) is 3.01. The van der Waals surface area contributed by atoms with Crippen LogP contribution in [-0.4, -0.2) is 21.1 Å². The van der Waals surface area contributed by atoms with Gasteiger partial charge in [-0.05, 0) is 49.9 Å². The molecule has 0 unspecified atom stereocenters. The molecule has 0 fully saturated rings. The van der Waals surface area contributed by atoms with Crippen molar-refractivity contribution in [2.24, 2.45) is 0 Å². The number of hydrogen-bond donors (Lipinski definition) is 2. The second-order valence-corrected chi connectivity index (χ2v) is 6.68. The maximum absolute atomic E-state index is 12.1. The molecule has 1 aromatic rings. The highest BCUT2D eigenvalue weighted by molar-refractivity contribution is 7.89. The second-order valence-electron chi connectivity index (χ2n) is 4.95. The van der Waals surface area contributed by atoms with Crippen molar-refractivity contribution in [3.63, 3.8) is 0 Å². The Kier molecular flexibility index (Phi) is 5.63. The van der Waals surface area contributed by atoms with Crippen LogP contribution in [0.2, 0.25) is 0 Å². The fraction of sp³-hybridized carbons (Fsp3) is 0.538. The van der Waals surface area contributed by atoms with Crippen LogP contribution in [0.1, 0.15) is 30.4 Å². The standard InChI is InChI=1S/C13H19F3N2O2S/c1-9-7-11(17)10(2)12(8-9)21(19,20)18-6-4-3-5-13(14,15)16/h7-8,18H,3-6,17H2,1-2H3. The van der Waals surface area contributed by atoms with Crippen LogP contribution in [0.4, 0.5) is 18.9 Å². The second kappa shape index (κ2) is 6.65. The first-order valence-corrected chi connectivity index (χ1v) is 7.94. The molecule has 0 aliphatic heterocycles. The molecule has 3 N–H and O–H groups in total. The molecule has 0 spiro atoms. The maximum atomic E-state index is 12.1. The summed E-state index contributed by atoms with van der Waals surface area (Å²) in [7, 11) is -3.76. The van der Waals surface area contributed by atoms with E-state index >= 15 is 0 Å². The van der Waals surface area contributed by atoms with Gasteiger partial charge in [0, 0.05) is 18.7 Å². The van der Waals surface area contributed by atoms with Crippen LogP contribution in [0.3, 0.4) is 0 Å². The molecule has 1 aromatic carbocycles. The molecule has 0 bridgehead atoms. The first-order valence-electron chi connectivity index (χ1n) is 6.46. The van der Waals surface area contributed by atoms with Gasteiger partial charge in [-0.3, -0.25) is 0 Å². The predicted molar refractivity (Wildman–Crippen MR) is 75.4 cm³/mol. The minimum atomic E-state index is -4.21. The Hall–Kier alpha value is -1.28. The summed E-state index contributed by atoms with van der Waals surface area (Å²) in [5.74, 6) is 0. The third kappa shape index (κ3) is 5.55. The van der Waals surface area contributed by atoms with E-state index in [2.05, 4.69) is 4.72 Å². The molecule has 1 rings (SSSR count). The van der Waals surface area contributed by atoms with Crippen molar-refractivity contribution in [1.82, 2.24) is 4.72 Å². The van der Waals surface area contributed by atoms with Crippen LogP contribution in [0.15, 0.2) is 17.0 Å². The summed E-state index contributed by atoms with van der Waals surface area (Å²) >= 11 is 0. The first kappa shape index (κ1) is 17.8. The zero-order valence-electron chi connectivity index (χ0n) is 11.9. The highest BCUT2D eigenvalue weighted by Crippen LogP contribution is 2.24. The van der Waals surface area contributed by atoms with Crippen molar-refractivity contribution in [3.05, 3.63) is 23.3 Å². The predicted octanol–water partition coefficient (Wildman–Crippen LogP) is 2.90. The number of benzene rings is 1. The molecule has 0 aliphatic carbocycles. The van der Waals surface area contributed by atoms with Gasteiger partial charge in [-0.1, -0.05) is 0 Å². The van der Waals surface area contributed by atoms with Crippen LogP contribution < -0.4 is 10.5 Å². The van der Waals surface area contributed by atoms with E-state index in [1.165, 1.54) is 6.07 Å². The van der Waals surface area contributed by atoms with Crippen LogP contribution in [0, 0.1) is 13.8 Å². The van der Waals surface area contributed by atoms with Gasteiger partial charge in [0.15, 0.2) is 0 Å². The summed E-state index contributed by atoms with van der Waals surface area (Å²) in [5, 5.41) is 0. The van der Waals surface area contributed by atoms with E-state index in [4.69, 9.17) is 5.73 Å². The quantitative estimate of drug-likeness (QED) is 0.624. The molecule has 0 saturated carbocycles. The molecule has 8 heteroatoms. The van der Waals surface area contributed by atoms with E-state index in [1.807, 2.05) is 0 Å². The Morgan fingerprint density at radius 3 is 2.38 bits per heavy atom. The Bertz CT molecular complexity index is 598. The highest BCUT2D eigenvalue weighted by atomic mass is 32.2. The van der Waals surface area contributed by atoms with Crippen molar-refractivity contribution >= 4 is 15.7 Å². The van der Waals surface area contributed by atoms with E-state index in [0.717, 1.165) is 0 Å². The number of anilines is 1. The van der Waals surface area contributed by atoms with Gasteiger partial charge < -0.3 is 5.73 Å². The minimum absolute atomic E-state index is 0.0360. The van der Waals surface area contributed by atoms with E-state index in [0.29, 0.717) is 16.8 Å². The average Bonchev–Trinajstić information content (AvgIpc) is 2.31. The van der Waals surface area contributed by atoms with Crippen molar-refractivity contribution in [2.45, 2.75) is 44.2 Å². The lowest BCUT2D eigenvalue weighted by atomic mass is 10.1. The summed E-state index contributed by atoms with van der Waals surface area (Å²) < 4.78 is 62.5. The Morgan fingerprint density at radius 2 is 1.81 bits per heavy atom. The van der Waals surface area contributed by atoms with Gasteiger partial charge in [-0.2, -0.15) is 13.2 Å². The van der Waals surface area contributed by atoms with Gasteiger partial charge in [0.1, 0.15) is 0 Å². The van der Waals surface area contributed by atoms with Crippen molar-refractivity contribution in [3.8, 4) is 0 Å². The van der Waals surface area contributed by atoms with E-state index in [-0.39, 0.29) is 24.3 Å².